The zero-order valence-electron chi connectivity index (χ0n) is 19.8. The molecular weight excluding hydrogens is 480 g/mol. The second-order valence-corrected chi connectivity index (χ2v) is 9.04. The smallest absolute Gasteiger partial charge is 0.302 e. The van der Waals surface area contributed by atoms with E-state index in [2.05, 4.69) is 9.97 Å². The first-order chi connectivity index (χ1) is 17.3. The molecule has 182 valence electrons. The van der Waals surface area contributed by atoms with Crippen LogP contribution < -0.4 is 14.5 Å². The highest BCUT2D eigenvalue weighted by molar-refractivity contribution is 6.51. The fraction of sp³-hybridized carbons (Fsp3) is 0.148. The van der Waals surface area contributed by atoms with Crippen LogP contribution in [0.4, 0.5) is 11.6 Å². The van der Waals surface area contributed by atoms with E-state index in [9.17, 15) is 14.7 Å². The zero-order valence-corrected chi connectivity index (χ0v) is 20.6. The lowest BCUT2D eigenvalue weighted by Gasteiger charge is -2.23. The van der Waals surface area contributed by atoms with Gasteiger partial charge in [-0.15, -0.1) is 0 Å². The number of anilines is 2. The number of aromatic nitrogens is 2. The second kappa shape index (κ2) is 9.05. The van der Waals surface area contributed by atoms with Crippen LogP contribution >= 0.6 is 11.6 Å². The maximum Gasteiger partial charge on any atom is 0.302 e. The number of ketones is 1. The maximum atomic E-state index is 13.4. The summed E-state index contributed by atoms with van der Waals surface area (Å²) in [5.41, 5.74) is 3.19. The lowest BCUT2D eigenvalue weighted by molar-refractivity contribution is -0.132. The van der Waals surface area contributed by atoms with Crippen LogP contribution in [0.15, 0.2) is 72.3 Å². The van der Waals surface area contributed by atoms with Crippen molar-refractivity contribution < 1.29 is 19.4 Å². The molecule has 9 heteroatoms. The van der Waals surface area contributed by atoms with Crippen molar-refractivity contribution in [2.24, 2.45) is 0 Å². The summed E-state index contributed by atoms with van der Waals surface area (Å²) >= 11 is 6.00. The summed E-state index contributed by atoms with van der Waals surface area (Å²) in [4.78, 5) is 37.7. The molecule has 1 atom stereocenters. The monoisotopic (exact) mass is 502 g/mol. The molecule has 1 unspecified atom stereocenters. The van der Waals surface area contributed by atoms with Gasteiger partial charge in [0.05, 0.1) is 29.8 Å². The van der Waals surface area contributed by atoms with Crippen LogP contribution in [0.3, 0.4) is 0 Å². The van der Waals surface area contributed by atoms with Gasteiger partial charge in [-0.2, -0.15) is 0 Å². The Morgan fingerprint density at radius 3 is 2.39 bits per heavy atom. The number of aliphatic hydroxyl groups excluding tert-OH is 1. The van der Waals surface area contributed by atoms with Crippen molar-refractivity contribution in [1.82, 2.24) is 9.97 Å². The standard InChI is InChI=1S/C27H23ClN4O4/c1-31(2)18-10-6-15(7-11-18)23-22(24(33)16-4-8-17(28)9-5-16)25(34)26(35)32(23)27-29-20-13-12-19(36-3)14-21(20)30-27/h4-14,23,33H,1-3H3,(H,29,30)/b24-22+. The van der Waals surface area contributed by atoms with Gasteiger partial charge in [0, 0.05) is 36.4 Å². The third-order valence-electron chi connectivity index (χ3n) is 6.19. The molecule has 0 radical (unpaired) electrons. The number of imidazole rings is 1. The number of nitrogens with one attached hydrogen (secondary N) is 1. The topological polar surface area (TPSA) is 98.8 Å². The number of amides is 1. The van der Waals surface area contributed by atoms with Gasteiger partial charge in [0.2, 0.25) is 5.95 Å². The van der Waals surface area contributed by atoms with Crippen molar-refractivity contribution in [3.8, 4) is 5.75 Å². The number of benzene rings is 3. The van der Waals surface area contributed by atoms with Crippen molar-refractivity contribution in [2.45, 2.75) is 6.04 Å². The fourth-order valence-electron chi connectivity index (χ4n) is 4.30. The molecule has 0 spiro atoms. The molecule has 1 fully saturated rings. The number of carbonyl (C=O) groups is 2. The van der Waals surface area contributed by atoms with Crippen LogP contribution in [-0.2, 0) is 9.59 Å². The summed E-state index contributed by atoms with van der Waals surface area (Å²) in [6.07, 6.45) is 0. The number of Topliss-reactive ketones (excluding diaryl/α,β-unsaturated/α-hetero) is 1. The Balaban J connectivity index is 1.70. The fourth-order valence-corrected chi connectivity index (χ4v) is 4.43. The number of nitrogens with zero attached hydrogens (tertiary/aromatic N) is 3. The molecule has 1 aromatic heterocycles. The molecule has 3 aromatic carbocycles. The van der Waals surface area contributed by atoms with Gasteiger partial charge < -0.3 is 19.7 Å². The lowest BCUT2D eigenvalue weighted by atomic mass is 9.95. The summed E-state index contributed by atoms with van der Waals surface area (Å²) < 4.78 is 5.29. The number of carbonyl (C=O) groups excluding carboxylic acids is 2. The number of fused-ring (bicyclic) bond motifs is 1. The van der Waals surface area contributed by atoms with Gasteiger partial charge in [-0.05, 0) is 54.1 Å². The predicted octanol–water partition coefficient (Wildman–Crippen LogP) is 4.92. The molecule has 5 rings (SSSR count). The van der Waals surface area contributed by atoms with Crippen molar-refractivity contribution in [3.05, 3.63) is 88.5 Å². The minimum absolute atomic E-state index is 0.0297. The number of aliphatic hydroxyl groups is 1. The third-order valence-corrected chi connectivity index (χ3v) is 6.44. The summed E-state index contributed by atoms with van der Waals surface area (Å²) in [6.45, 7) is 0. The quantitative estimate of drug-likeness (QED) is 0.228. The van der Waals surface area contributed by atoms with Crippen molar-refractivity contribution in [1.29, 1.82) is 0 Å². The average molecular weight is 503 g/mol. The van der Waals surface area contributed by atoms with Crippen LogP contribution in [0.25, 0.3) is 16.8 Å². The number of hydrogen-bond acceptors (Lipinski definition) is 6. The summed E-state index contributed by atoms with van der Waals surface area (Å²) in [6, 6.07) is 18.3. The molecule has 4 aromatic rings. The van der Waals surface area contributed by atoms with E-state index in [0.717, 1.165) is 5.69 Å². The molecule has 1 amide bonds. The number of hydrogen-bond donors (Lipinski definition) is 2. The molecule has 0 saturated carbocycles. The molecule has 2 N–H and O–H groups in total. The maximum absolute atomic E-state index is 13.4. The van der Waals surface area contributed by atoms with Gasteiger partial charge in [0.1, 0.15) is 11.5 Å². The SMILES string of the molecule is COc1ccc2nc(N3C(=O)C(=O)/C(=C(/O)c4ccc(Cl)cc4)C3c3ccc(N(C)C)cc3)[nH]c2c1. The minimum Gasteiger partial charge on any atom is -0.507 e. The second-order valence-electron chi connectivity index (χ2n) is 8.61. The molecule has 1 saturated heterocycles. The number of ether oxygens (including phenoxy) is 1. The highest BCUT2D eigenvalue weighted by atomic mass is 35.5. The average Bonchev–Trinajstić information content (AvgIpc) is 3.41. The van der Waals surface area contributed by atoms with Crippen LogP contribution in [0.5, 0.6) is 5.75 Å². The Labute approximate surface area is 212 Å². The molecule has 8 nitrogen and oxygen atoms in total. The van der Waals surface area contributed by atoms with Gasteiger partial charge >= 0.3 is 5.91 Å². The largest absolute Gasteiger partial charge is 0.507 e. The van der Waals surface area contributed by atoms with E-state index in [1.165, 1.54) is 4.90 Å². The van der Waals surface area contributed by atoms with Gasteiger partial charge in [0.25, 0.3) is 5.78 Å². The van der Waals surface area contributed by atoms with Gasteiger partial charge in [-0.1, -0.05) is 23.7 Å². The highest BCUT2D eigenvalue weighted by Crippen LogP contribution is 2.42. The first-order valence-corrected chi connectivity index (χ1v) is 11.5. The first kappa shape index (κ1) is 23.4. The van der Waals surface area contributed by atoms with Crippen molar-refractivity contribution in [3.63, 3.8) is 0 Å². The van der Waals surface area contributed by atoms with E-state index in [1.54, 1.807) is 49.6 Å². The molecule has 0 bridgehead atoms. The minimum atomic E-state index is -0.903. The van der Waals surface area contributed by atoms with E-state index < -0.39 is 17.7 Å². The Bertz CT molecular complexity index is 1510. The van der Waals surface area contributed by atoms with Crippen molar-refractivity contribution >= 4 is 51.7 Å². The van der Waals surface area contributed by atoms with Crippen LogP contribution in [0.1, 0.15) is 17.2 Å². The van der Waals surface area contributed by atoms with E-state index in [1.807, 2.05) is 43.3 Å². The number of halogens is 1. The number of methoxy groups -OCH3 is 1. The van der Waals surface area contributed by atoms with Crippen LogP contribution in [0.2, 0.25) is 5.02 Å². The molecule has 1 aliphatic rings. The summed E-state index contributed by atoms with van der Waals surface area (Å²) in [5, 5.41) is 11.7. The normalized spacial score (nSPS) is 17.1. The van der Waals surface area contributed by atoms with E-state index in [-0.39, 0.29) is 17.3 Å². The van der Waals surface area contributed by atoms with Crippen LogP contribution in [-0.4, -0.2) is 48.0 Å². The van der Waals surface area contributed by atoms with Crippen LogP contribution in [0, 0.1) is 0 Å². The van der Waals surface area contributed by atoms with E-state index in [4.69, 9.17) is 16.3 Å². The zero-order chi connectivity index (χ0) is 25.6. The predicted molar refractivity (Wildman–Crippen MR) is 140 cm³/mol. The number of rotatable bonds is 5. The Kier molecular flexibility index (Phi) is 5.89. The Morgan fingerprint density at radius 1 is 1.06 bits per heavy atom. The van der Waals surface area contributed by atoms with Crippen molar-refractivity contribution in [2.75, 3.05) is 31.0 Å². The van der Waals surface area contributed by atoms with E-state index >= 15 is 0 Å². The number of aromatic amines is 1. The molecule has 36 heavy (non-hydrogen) atoms. The Morgan fingerprint density at radius 2 is 1.75 bits per heavy atom. The van der Waals surface area contributed by atoms with E-state index in [0.29, 0.717) is 32.9 Å². The van der Waals surface area contributed by atoms with Gasteiger partial charge in [-0.3, -0.25) is 14.5 Å². The molecule has 0 aliphatic carbocycles. The molecular formula is C27H23ClN4O4. The molecule has 1 aliphatic heterocycles. The first-order valence-electron chi connectivity index (χ1n) is 11.2. The Hall–Kier alpha value is -4.30. The lowest BCUT2D eigenvalue weighted by Crippen LogP contribution is -2.30. The van der Waals surface area contributed by atoms with Gasteiger partial charge in [0.15, 0.2) is 0 Å². The molecule has 2 heterocycles. The van der Waals surface area contributed by atoms with Gasteiger partial charge in [-0.25, -0.2) is 4.98 Å². The summed E-state index contributed by atoms with van der Waals surface area (Å²) in [5.74, 6) is -1.07. The highest BCUT2D eigenvalue weighted by Gasteiger charge is 2.48. The summed E-state index contributed by atoms with van der Waals surface area (Å²) in [7, 11) is 5.40. The number of H-pyrrole nitrogens is 1. The third kappa shape index (κ3) is 3.95.